The first-order chi connectivity index (χ1) is 15.7. The van der Waals surface area contributed by atoms with E-state index in [2.05, 4.69) is 42.5 Å². The van der Waals surface area contributed by atoms with Crippen LogP contribution in [0, 0.1) is 0 Å². The Bertz CT molecular complexity index is 1040. The minimum atomic E-state index is 0.606. The van der Waals surface area contributed by atoms with Crippen LogP contribution in [0.4, 0.5) is 0 Å². The average molecular weight is 435 g/mol. The Hall–Kier alpha value is -3.34. The summed E-state index contributed by atoms with van der Waals surface area (Å²) in [5.74, 6) is 4.18. The molecule has 0 radical (unpaired) electrons. The molecule has 0 aromatic heterocycles. The second-order valence-corrected chi connectivity index (χ2v) is 7.89. The fourth-order valence-electron chi connectivity index (χ4n) is 3.97. The van der Waals surface area contributed by atoms with Gasteiger partial charge in [0.1, 0.15) is 30.5 Å². The predicted molar refractivity (Wildman–Crippen MR) is 125 cm³/mol. The van der Waals surface area contributed by atoms with E-state index in [0.717, 1.165) is 54.4 Å². The molecule has 0 fully saturated rings. The molecule has 0 unspecified atom stereocenters. The highest BCUT2D eigenvalue weighted by molar-refractivity contribution is 5.44. The van der Waals surface area contributed by atoms with Gasteiger partial charge in [-0.15, -0.1) is 0 Å². The monoisotopic (exact) mass is 434 g/mol. The van der Waals surface area contributed by atoms with E-state index in [0.29, 0.717) is 13.2 Å². The van der Waals surface area contributed by atoms with Gasteiger partial charge in [-0.3, -0.25) is 0 Å². The Balaban J connectivity index is 1.44. The van der Waals surface area contributed by atoms with Crippen LogP contribution in [-0.2, 0) is 25.7 Å². The third-order valence-electron chi connectivity index (χ3n) is 5.68. The number of fused-ring (bicyclic) bond motifs is 1. The summed E-state index contributed by atoms with van der Waals surface area (Å²) in [6.45, 7) is 1.22. The highest BCUT2D eigenvalue weighted by Crippen LogP contribution is 2.31. The molecule has 3 aromatic carbocycles. The van der Waals surface area contributed by atoms with Crippen molar-refractivity contribution in [3.8, 4) is 28.7 Å². The summed E-state index contributed by atoms with van der Waals surface area (Å²) in [5, 5.41) is 0. The number of benzene rings is 3. The molecule has 0 atom stereocenters. The van der Waals surface area contributed by atoms with Gasteiger partial charge >= 0.3 is 0 Å². The van der Waals surface area contributed by atoms with Gasteiger partial charge in [0, 0.05) is 6.07 Å². The molecule has 0 amide bonds. The quantitative estimate of drug-likeness (QED) is 0.471. The molecule has 5 heteroatoms. The van der Waals surface area contributed by atoms with Gasteiger partial charge in [-0.25, -0.2) is 0 Å². The Morgan fingerprint density at radius 2 is 1.00 bits per heavy atom. The van der Waals surface area contributed by atoms with Gasteiger partial charge in [-0.1, -0.05) is 12.1 Å². The van der Waals surface area contributed by atoms with Crippen LogP contribution in [0.25, 0.3) is 0 Å². The first kappa shape index (κ1) is 21.9. The molecule has 3 aromatic rings. The summed E-state index contributed by atoms with van der Waals surface area (Å²) in [5.41, 5.74) is 4.93. The molecule has 0 saturated carbocycles. The second kappa shape index (κ2) is 10.3. The van der Waals surface area contributed by atoms with Crippen molar-refractivity contribution in [3.63, 3.8) is 0 Å². The summed E-state index contributed by atoms with van der Waals surface area (Å²) in [7, 11) is 5.07. The van der Waals surface area contributed by atoms with Crippen LogP contribution in [0.2, 0.25) is 0 Å². The van der Waals surface area contributed by atoms with E-state index < -0.39 is 0 Å². The normalized spacial score (nSPS) is 12.3. The van der Waals surface area contributed by atoms with Crippen LogP contribution in [0.15, 0.2) is 54.6 Å². The smallest absolute Gasteiger partial charge is 0.161 e. The van der Waals surface area contributed by atoms with E-state index in [9.17, 15) is 0 Å². The summed E-state index contributed by atoms with van der Waals surface area (Å²) in [6, 6.07) is 18.7. The maximum Gasteiger partial charge on any atom is 0.161 e. The summed E-state index contributed by atoms with van der Waals surface area (Å²) in [6.07, 6.45) is 3.65. The van der Waals surface area contributed by atoms with E-state index in [4.69, 9.17) is 23.7 Å². The minimum Gasteiger partial charge on any atom is -0.497 e. The number of rotatable bonds is 9. The van der Waals surface area contributed by atoms with Crippen molar-refractivity contribution >= 4 is 0 Å². The third kappa shape index (κ3) is 5.47. The Morgan fingerprint density at radius 3 is 1.56 bits per heavy atom. The van der Waals surface area contributed by atoms with Gasteiger partial charge in [0.2, 0.25) is 0 Å². The Labute approximate surface area is 189 Å². The standard InChI is InChI=1S/C27H30O5/c1-28-23-13-20(5-4-19-8-9-26-27(17-19)32-11-10-31-26)12-21(14-23)6-7-22-15-24(29-2)18-25(16-22)30-3/h8-9,12-18H,4-7,10-11H2,1-3H3. The molecule has 1 heterocycles. The molecule has 1 aliphatic heterocycles. The van der Waals surface area contributed by atoms with Crippen LogP contribution in [0.1, 0.15) is 22.3 Å². The van der Waals surface area contributed by atoms with Gasteiger partial charge in [-0.2, -0.15) is 0 Å². The summed E-state index contributed by atoms with van der Waals surface area (Å²) in [4.78, 5) is 0. The van der Waals surface area contributed by atoms with Crippen molar-refractivity contribution in [1.82, 2.24) is 0 Å². The van der Waals surface area contributed by atoms with Crippen molar-refractivity contribution < 1.29 is 23.7 Å². The highest BCUT2D eigenvalue weighted by atomic mass is 16.6. The molecular weight excluding hydrogens is 404 g/mol. The lowest BCUT2D eigenvalue weighted by Gasteiger charge is -2.19. The van der Waals surface area contributed by atoms with Crippen LogP contribution in [0.5, 0.6) is 28.7 Å². The van der Waals surface area contributed by atoms with E-state index >= 15 is 0 Å². The summed E-state index contributed by atoms with van der Waals surface area (Å²) >= 11 is 0. The Kier molecular flexibility index (Phi) is 7.05. The van der Waals surface area contributed by atoms with E-state index in [-0.39, 0.29) is 0 Å². The van der Waals surface area contributed by atoms with Crippen molar-refractivity contribution in [1.29, 1.82) is 0 Å². The first-order valence-electron chi connectivity index (χ1n) is 10.9. The lowest BCUT2D eigenvalue weighted by molar-refractivity contribution is 0.171. The van der Waals surface area contributed by atoms with Crippen molar-refractivity contribution in [2.45, 2.75) is 25.7 Å². The molecule has 168 valence electrons. The predicted octanol–water partition coefficient (Wildman–Crippen LogP) is 5.05. The summed E-state index contributed by atoms with van der Waals surface area (Å²) < 4.78 is 27.7. The number of aryl methyl sites for hydroxylation is 4. The molecule has 0 spiro atoms. The maximum atomic E-state index is 5.72. The molecule has 0 bridgehead atoms. The lowest BCUT2D eigenvalue weighted by Crippen LogP contribution is -2.15. The molecule has 0 aliphatic carbocycles. The van der Waals surface area contributed by atoms with Crippen molar-refractivity contribution in [2.24, 2.45) is 0 Å². The number of hydrogen-bond acceptors (Lipinski definition) is 5. The maximum absolute atomic E-state index is 5.72. The van der Waals surface area contributed by atoms with Crippen LogP contribution < -0.4 is 23.7 Å². The highest BCUT2D eigenvalue weighted by Gasteiger charge is 2.12. The van der Waals surface area contributed by atoms with Gasteiger partial charge < -0.3 is 23.7 Å². The van der Waals surface area contributed by atoms with E-state index in [1.807, 2.05) is 12.1 Å². The zero-order valence-electron chi connectivity index (χ0n) is 19.0. The SMILES string of the molecule is COc1cc(CCc2cc(OC)cc(OC)c2)cc(CCc2ccc3c(c2)OCCO3)c1. The molecular formula is C27H30O5. The van der Waals surface area contributed by atoms with Gasteiger partial charge in [0.15, 0.2) is 11.5 Å². The molecule has 4 rings (SSSR count). The number of hydrogen-bond donors (Lipinski definition) is 0. The molecule has 0 N–H and O–H groups in total. The third-order valence-corrected chi connectivity index (χ3v) is 5.68. The second-order valence-electron chi connectivity index (χ2n) is 7.89. The van der Waals surface area contributed by atoms with E-state index in [1.54, 1.807) is 21.3 Å². The number of methoxy groups -OCH3 is 3. The zero-order chi connectivity index (χ0) is 22.3. The lowest BCUT2D eigenvalue weighted by atomic mass is 9.98. The van der Waals surface area contributed by atoms with Gasteiger partial charge in [0.05, 0.1) is 21.3 Å². The Morgan fingerprint density at radius 1 is 0.531 bits per heavy atom. The van der Waals surface area contributed by atoms with Gasteiger partial charge in [-0.05, 0) is 84.3 Å². The topological polar surface area (TPSA) is 46.2 Å². The van der Waals surface area contributed by atoms with Crippen molar-refractivity contribution in [3.05, 3.63) is 76.9 Å². The molecule has 5 nitrogen and oxygen atoms in total. The van der Waals surface area contributed by atoms with Gasteiger partial charge in [0.25, 0.3) is 0 Å². The van der Waals surface area contributed by atoms with Crippen molar-refractivity contribution in [2.75, 3.05) is 34.5 Å². The molecule has 0 saturated heterocycles. The molecule has 1 aliphatic rings. The fourth-order valence-corrected chi connectivity index (χ4v) is 3.97. The minimum absolute atomic E-state index is 0.606. The first-order valence-corrected chi connectivity index (χ1v) is 10.9. The fraction of sp³-hybridized carbons (Fsp3) is 0.333. The molecule has 32 heavy (non-hydrogen) atoms. The van der Waals surface area contributed by atoms with Crippen LogP contribution in [0.3, 0.4) is 0 Å². The zero-order valence-corrected chi connectivity index (χ0v) is 19.0. The van der Waals surface area contributed by atoms with Crippen LogP contribution in [-0.4, -0.2) is 34.5 Å². The van der Waals surface area contributed by atoms with Crippen LogP contribution >= 0.6 is 0 Å². The largest absolute Gasteiger partial charge is 0.497 e. The number of ether oxygens (including phenoxy) is 5. The van der Waals surface area contributed by atoms with E-state index in [1.165, 1.54) is 22.3 Å². The average Bonchev–Trinajstić information content (AvgIpc) is 2.85.